The van der Waals surface area contributed by atoms with Crippen LogP contribution in [0.25, 0.3) is 0 Å². The summed E-state index contributed by atoms with van der Waals surface area (Å²) in [7, 11) is 0. The zero-order valence-corrected chi connectivity index (χ0v) is 10.6. The van der Waals surface area contributed by atoms with Crippen molar-refractivity contribution < 1.29 is 5.11 Å². The van der Waals surface area contributed by atoms with Crippen molar-refractivity contribution in [2.24, 2.45) is 0 Å². The Morgan fingerprint density at radius 2 is 2.33 bits per heavy atom. The molecule has 1 aromatic rings. The molecule has 0 saturated heterocycles. The van der Waals surface area contributed by atoms with Gasteiger partial charge in [-0.05, 0) is 49.1 Å². The van der Waals surface area contributed by atoms with Crippen LogP contribution in [-0.2, 0) is 6.42 Å². The van der Waals surface area contributed by atoms with Crippen molar-refractivity contribution >= 4 is 11.3 Å². The molecular formula is C12H21NOS. The Morgan fingerprint density at radius 3 is 2.80 bits per heavy atom. The third kappa shape index (κ3) is 3.93. The lowest BCUT2D eigenvalue weighted by Gasteiger charge is -2.31. The Balaban J connectivity index is 2.44. The molecule has 0 aromatic carbocycles. The van der Waals surface area contributed by atoms with E-state index in [4.69, 9.17) is 0 Å². The maximum absolute atomic E-state index is 9.30. The summed E-state index contributed by atoms with van der Waals surface area (Å²) in [4.78, 5) is 0. The van der Waals surface area contributed by atoms with Crippen LogP contribution in [-0.4, -0.2) is 23.3 Å². The summed E-state index contributed by atoms with van der Waals surface area (Å²) in [5.41, 5.74) is 1.23. The minimum Gasteiger partial charge on any atom is -0.394 e. The minimum atomic E-state index is -0.143. The van der Waals surface area contributed by atoms with Crippen molar-refractivity contribution in [1.82, 2.24) is 5.32 Å². The molecule has 0 saturated carbocycles. The van der Waals surface area contributed by atoms with Gasteiger partial charge in [0.2, 0.25) is 0 Å². The molecule has 15 heavy (non-hydrogen) atoms. The van der Waals surface area contributed by atoms with Gasteiger partial charge in [-0.15, -0.1) is 0 Å². The second-order valence-corrected chi connectivity index (χ2v) is 5.23. The molecule has 86 valence electrons. The zero-order valence-electron chi connectivity index (χ0n) is 9.79. The van der Waals surface area contributed by atoms with E-state index >= 15 is 0 Å². The van der Waals surface area contributed by atoms with Gasteiger partial charge in [0.15, 0.2) is 0 Å². The molecule has 2 N–H and O–H groups in total. The van der Waals surface area contributed by atoms with Gasteiger partial charge in [0.25, 0.3) is 0 Å². The Labute approximate surface area is 96.3 Å². The van der Waals surface area contributed by atoms with Crippen LogP contribution >= 0.6 is 11.3 Å². The predicted molar refractivity (Wildman–Crippen MR) is 66.4 cm³/mol. The predicted octanol–water partition coefficient (Wildman–Crippen LogP) is 2.43. The lowest BCUT2D eigenvalue weighted by atomic mass is 9.97. The molecule has 0 amide bonds. The average molecular weight is 227 g/mol. The van der Waals surface area contributed by atoms with E-state index in [0.717, 1.165) is 12.8 Å². The maximum atomic E-state index is 9.30. The minimum absolute atomic E-state index is 0.143. The lowest BCUT2D eigenvalue weighted by molar-refractivity contribution is 0.159. The van der Waals surface area contributed by atoms with Gasteiger partial charge in [-0.2, -0.15) is 11.3 Å². The van der Waals surface area contributed by atoms with Crippen molar-refractivity contribution in [2.45, 2.75) is 45.2 Å². The van der Waals surface area contributed by atoms with Crippen molar-refractivity contribution in [3.8, 4) is 0 Å². The number of aliphatic hydroxyl groups is 1. The van der Waals surface area contributed by atoms with Crippen molar-refractivity contribution in [3.05, 3.63) is 22.4 Å². The van der Waals surface area contributed by atoms with Gasteiger partial charge < -0.3 is 10.4 Å². The summed E-state index contributed by atoms with van der Waals surface area (Å²) >= 11 is 1.73. The first kappa shape index (κ1) is 12.7. The Morgan fingerprint density at radius 1 is 1.60 bits per heavy atom. The van der Waals surface area contributed by atoms with Gasteiger partial charge in [-0.3, -0.25) is 0 Å². The first-order chi connectivity index (χ1) is 7.09. The summed E-state index contributed by atoms with van der Waals surface area (Å²) < 4.78 is 0. The van der Waals surface area contributed by atoms with Crippen molar-refractivity contribution in [1.29, 1.82) is 0 Å². The first-order valence-electron chi connectivity index (χ1n) is 5.49. The summed E-state index contributed by atoms with van der Waals surface area (Å²) in [6.07, 6.45) is 1.97. The number of nitrogens with one attached hydrogen (secondary N) is 1. The number of rotatable bonds is 6. The van der Waals surface area contributed by atoms with E-state index in [2.05, 4.69) is 42.9 Å². The van der Waals surface area contributed by atoms with Gasteiger partial charge in [-0.25, -0.2) is 0 Å². The Hall–Kier alpha value is -0.380. The zero-order chi connectivity index (χ0) is 11.3. The quantitative estimate of drug-likeness (QED) is 0.782. The first-order valence-corrected chi connectivity index (χ1v) is 6.43. The number of aliphatic hydroxyl groups excluding tert-OH is 1. The van der Waals surface area contributed by atoms with Gasteiger partial charge in [0, 0.05) is 11.6 Å². The van der Waals surface area contributed by atoms with E-state index in [1.165, 1.54) is 5.56 Å². The molecule has 1 aromatic heterocycles. The van der Waals surface area contributed by atoms with Gasteiger partial charge >= 0.3 is 0 Å². The van der Waals surface area contributed by atoms with Crippen LogP contribution in [0.4, 0.5) is 0 Å². The SMILES string of the molecule is CCC(C)(CO)NC(C)Cc1ccsc1. The van der Waals surface area contributed by atoms with Gasteiger partial charge in [0.1, 0.15) is 0 Å². The topological polar surface area (TPSA) is 32.3 Å². The monoisotopic (exact) mass is 227 g/mol. The van der Waals surface area contributed by atoms with Crippen LogP contribution in [0.1, 0.15) is 32.8 Å². The lowest BCUT2D eigenvalue weighted by Crippen LogP contribution is -2.50. The molecule has 0 aliphatic heterocycles. The number of hydrogen-bond acceptors (Lipinski definition) is 3. The normalized spacial score (nSPS) is 17.3. The van der Waals surface area contributed by atoms with Crippen LogP contribution in [0.5, 0.6) is 0 Å². The van der Waals surface area contributed by atoms with Crippen LogP contribution in [0.3, 0.4) is 0 Å². The largest absolute Gasteiger partial charge is 0.394 e. The van der Waals surface area contributed by atoms with Crippen LogP contribution < -0.4 is 5.32 Å². The third-order valence-electron chi connectivity index (χ3n) is 2.85. The third-order valence-corrected chi connectivity index (χ3v) is 3.58. The summed E-state index contributed by atoms with van der Waals surface area (Å²) in [6, 6.07) is 2.56. The van der Waals surface area contributed by atoms with E-state index in [1.54, 1.807) is 11.3 Å². The molecular weight excluding hydrogens is 206 g/mol. The molecule has 2 unspecified atom stereocenters. The van der Waals surface area contributed by atoms with E-state index in [-0.39, 0.29) is 12.1 Å². The van der Waals surface area contributed by atoms with E-state index in [1.807, 2.05) is 0 Å². The second-order valence-electron chi connectivity index (χ2n) is 4.45. The van der Waals surface area contributed by atoms with E-state index in [9.17, 15) is 5.11 Å². The number of thiophene rings is 1. The van der Waals surface area contributed by atoms with E-state index in [0.29, 0.717) is 6.04 Å². The fourth-order valence-electron chi connectivity index (χ4n) is 1.67. The molecule has 0 radical (unpaired) electrons. The van der Waals surface area contributed by atoms with Crippen molar-refractivity contribution in [3.63, 3.8) is 0 Å². The molecule has 3 heteroatoms. The highest BCUT2D eigenvalue weighted by Gasteiger charge is 2.22. The summed E-state index contributed by atoms with van der Waals surface area (Å²) in [5, 5.41) is 17.1. The number of hydrogen-bond donors (Lipinski definition) is 2. The van der Waals surface area contributed by atoms with Crippen molar-refractivity contribution in [2.75, 3.05) is 6.61 Å². The highest BCUT2D eigenvalue weighted by atomic mass is 32.1. The van der Waals surface area contributed by atoms with Crippen LogP contribution in [0.15, 0.2) is 16.8 Å². The summed E-state index contributed by atoms with van der Waals surface area (Å²) in [5.74, 6) is 0. The second kappa shape index (κ2) is 5.64. The Kier molecular flexibility index (Phi) is 4.77. The smallest absolute Gasteiger partial charge is 0.0610 e. The fraction of sp³-hybridized carbons (Fsp3) is 0.667. The van der Waals surface area contributed by atoms with Crippen LogP contribution in [0, 0.1) is 0 Å². The Bertz CT molecular complexity index is 267. The van der Waals surface area contributed by atoms with Gasteiger partial charge in [-0.1, -0.05) is 6.92 Å². The average Bonchev–Trinajstić information content (AvgIpc) is 2.70. The molecule has 2 nitrogen and oxygen atoms in total. The highest BCUT2D eigenvalue weighted by molar-refractivity contribution is 7.07. The maximum Gasteiger partial charge on any atom is 0.0610 e. The fourth-order valence-corrected chi connectivity index (χ4v) is 2.35. The van der Waals surface area contributed by atoms with Crippen LogP contribution in [0.2, 0.25) is 0 Å². The molecule has 0 bridgehead atoms. The highest BCUT2D eigenvalue weighted by Crippen LogP contribution is 2.13. The molecule has 1 heterocycles. The van der Waals surface area contributed by atoms with E-state index < -0.39 is 0 Å². The molecule has 2 atom stereocenters. The molecule has 0 spiro atoms. The molecule has 1 rings (SSSR count). The summed E-state index contributed by atoms with van der Waals surface area (Å²) in [6.45, 7) is 6.52. The standard InChI is InChI=1S/C12H21NOS/c1-4-12(3,9-14)13-10(2)7-11-5-6-15-8-11/h5-6,8,10,13-14H,4,7,9H2,1-3H3. The molecule has 0 aliphatic rings. The molecule has 0 fully saturated rings. The molecule has 0 aliphatic carbocycles. The van der Waals surface area contributed by atoms with Gasteiger partial charge in [0.05, 0.1) is 6.61 Å².